The van der Waals surface area contributed by atoms with E-state index in [4.69, 9.17) is 20.8 Å². The minimum absolute atomic E-state index is 0.0219. The number of thiophene rings is 1. The van der Waals surface area contributed by atoms with Crippen LogP contribution in [-0.4, -0.2) is 23.9 Å². The van der Waals surface area contributed by atoms with Gasteiger partial charge >= 0.3 is 0 Å². The topological polar surface area (TPSA) is 80.0 Å². The van der Waals surface area contributed by atoms with Crippen molar-refractivity contribution in [1.29, 1.82) is 0 Å². The van der Waals surface area contributed by atoms with Crippen LogP contribution in [0.25, 0.3) is 11.0 Å². The highest BCUT2D eigenvalue weighted by molar-refractivity contribution is 7.10. The Hall–Kier alpha value is -3.55. The minimum atomic E-state index is -0.781. The van der Waals surface area contributed by atoms with Gasteiger partial charge in [0.1, 0.15) is 6.04 Å². The third kappa shape index (κ3) is 3.18. The molecule has 8 heteroatoms. The number of methoxy groups -OCH3 is 1. The summed E-state index contributed by atoms with van der Waals surface area (Å²) in [6, 6.07) is 16.6. The van der Waals surface area contributed by atoms with E-state index >= 15 is 0 Å². The molecule has 2 aromatic heterocycles. The molecule has 6 nitrogen and oxygen atoms in total. The van der Waals surface area contributed by atoms with Crippen molar-refractivity contribution in [3.05, 3.63) is 93.0 Å². The molecular weight excluding hydrogens is 450 g/mol. The number of ketones is 1. The van der Waals surface area contributed by atoms with Crippen LogP contribution in [0.2, 0.25) is 5.02 Å². The first-order valence-corrected chi connectivity index (χ1v) is 10.9. The Morgan fingerprint density at radius 1 is 1.16 bits per heavy atom. The summed E-state index contributed by atoms with van der Waals surface area (Å²) < 4.78 is 11.1. The summed E-state index contributed by atoms with van der Waals surface area (Å²) in [5, 5.41) is 13.7. The number of hydrogen-bond acceptors (Lipinski definition) is 6. The van der Waals surface area contributed by atoms with E-state index in [1.54, 1.807) is 36.4 Å². The molecule has 1 amide bonds. The van der Waals surface area contributed by atoms with Crippen LogP contribution in [0, 0.1) is 0 Å². The molecule has 1 aliphatic heterocycles. The Balaban J connectivity index is 1.65. The van der Waals surface area contributed by atoms with Crippen molar-refractivity contribution in [1.82, 2.24) is 0 Å². The van der Waals surface area contributed by atoms with Crippen LogP contribution in [0.1, 0.15) is 21.5 Å². The summed E-state index contributed by atoms with van der Waals surface area (Å²) in [5.41, 5.74) is 0.894. The van der Waals surface area contributed by atoms with E-state index < -0.39 is 23.5 Å². The van der Waals surface area contributed by atoms with E-state index in [2.05, 4.69) is 0 Å². The smallest absolute Gasteiger partial charge is 0.294 e. The fourth-order valence-corrected chi connectivity index (χ4v) is 4.93. The second kappa shape index (κ2) is 7.85. The van der Waals surface area contributed by atoms with Gasteiger partial charge in [-0.25, -0.2) is 0 Å². The van der Waals surface area contributed by atoms with E-state index in [-0.39, 0.29) is 11.3 Å². The number of aliphatic hydroxyl groups excluding tert-OH is 1. The van der Waals surface area contributed by atoms with Gasteiger partial charge in [0.05, 0.1) is 12.7 Å². The summed E-state index contributed by atoms with van der Waals surface area (Å²) in [7, 11) is 1.48. The number of fused-ring (bicyclic) bond motifs is 1. The van der Waals surface area contributed by atoms with Gasteiger partial charge < -0.3 is 14.3 Å². The summed E-state index contributed by atoms with van der Waals surface area (Å²) in [5.74, 6) is -1.46. The van der Waals surface area contributed by atoms with Gasteiger partial charge in [-0.2, -0.15) is 0 Å². The van der Waals surface area contributed by atoms with Crippen molar-refractivity contribution in [2.75, 3.05) is 12.0 Å². The van der Waals surface area contributed by atoms with Crippen molar-refractivity contribution in [3.63, 3.8) is 0 Å². The van der Waals surface area contributed by atoms with E-state index in [1.165, 1.54) is 29.4 Å². The van der Waals surface area contributed by atoms with Crippen LogP contribution in [-0.2, 0) is 4.79 Å². The fourth-order valence-electron chi connectivity index (χ4n) is 3.89. The van der Waals surface area contributed by atoms with Crippen LogP contribution in [0.3, 0.4) is 0 Å². The molecule has 1 unspecified atom stereocenters. The first kappa shape index (κ1) is 20.4. The van der Waals surface area contributed by atoms with Gasteiger partial charge in [0.2, 0.25) is 5.78 Å². The number of ether oxygens (including phenoxy) is 1. The highest BCUT2D eigenvalue weighted by Gasteiger charge is 2.45. The molecule has 32 heavy (non-hydrogen) atoms. The number of furan rings is 1. The van der Waals surface area contributed by atoms with E-state index in [1.807, 2.05) is 23.6 Å². The Morgan fingerprint density at radius 2 is 1.94 bits per heavy atom. The predicted octanol–water partition coefficient (Wildman–Crippen LogP) is 5.94. The zero-order valence-corrected chi connectivity index (χ0v) is 18.3. The number of hydrogen-bond donors (Lipinski definition) is 1. The maximum atomic E-state index is 13.6. The Labute approximate surface area is 191 Å². The molecule has 0 radical (unpaired) electrons. The van der Waals surface area contributed by atoms with E-state index in [9.17, 15) is 14.7 Å². The van der Waals surface area contributed by atoms with Crippen molar-refractivity contribution in [2.24, 2.45) is 0 Å². The maximum Gasteiger partial charge on any atom is 0.294 e. The first-order chi connectivity index (χ1) is 15.5. The van der Waals surface area contributed by atoms with E-state index in [0.717, 1.165) is 4.88 Å². The average molecular weight is 466 g/mol. The van der Waals surface area contributed by atoms with Gasteiger partial charge in [-0.1, -0.05) is 35.9 Å². The molecule has 2 aromatic carbocycles. The predicted molar refractivity (Wildman–Crippen MR) is 123 cm³/mol. The lowest BCUT2D eigenvalue weighted by atomic mass is 10.00. The molecule has 160 valence electrons. The number of rotatable bonds is 5. The zero-order chi connectivity index (χ0) is 22.4. The molecule has 1 aliphatic rings. The molecule has 0 spiro atoms. The van der Waals surface area contributed by atoms with Crippen LogP contribution < -0.4 is 9.64 Å². The molecule has 0 aliphatic carbocycles. The van der Waals surface area contributed by atoms with Gasteiger partial charge in [0.15, 0.2) is 22.9 Å². The standard InChI is InChI=1S/C24H16ClNO5S/c1-30-17-12-14(25)10-13-11-16(31-23(13)17)21(27)19-20(18-8-5-9-32-18)26(24(29)22(19)28)15-6-3-2-4-7-15/h2-12,20,28H,1H3. The zero-order valence-electron chi connectivity index (χ0n) is 16.7. The number of halogens is 1. The molecular formula is C24H16ClNO5S. The number of carbonyl (C=O) groups is 2. The van der Waals surface area contributed by atoms with Gasteiger partial charge in [-0.15, -0.1) is 11.3 Å². The third-order valence-electron chi connectivity index (χ3n) is 5.29. The second-order valence-electron chi connectivity index (χ2n) is 7.16. The number of amides is 1. The van der Waals surface area contributed by atoms with Crippen LogP contribution >= 0.6 is 22.9 Å². The highest BCUT2D eigenvalue weighted by atomic mass is 35.5. The lowest BCUT2D eigenvalue weighted by Crippen LogP contribution is -2.30. The highest BCUT2D eigenvalue weighted by Crippen LogP contribution is 2.44. The van der Waals surface area contributed by atoms with E-state index in [0.29, 0.717) is 27.4 Å². The number of aliphatic hydroxyl groups is 1. The molecule has 3 heterocycles. The Kier molecular flexibility index (Phi) is 5.00. The van der Waals surface area contributed by atoms with Crippen LogP contribution in [0.15, 0.2) is 81.8 Å². The van der Waals surface area contributed by atoms with Crippen molar-refractivity contribution < 1.29 is 23.8 Å². The van der Waals surface area contributed by atoms with Crippen molar-refractivity contribution in [2.45, 2.75) is 6.04 Å². The van der Waals surface area contributed by atoms with Crippen molar-refractivity contribution in [3.8, 4) is 5.75 Å². The molecule has 0 bridgehead atoms. The molecule has 4 aromatic rings. The summed E-state index contributed by atoms with van der Waals surface area (Å²) in [6.45, 7) is 0. The summed E-state index contributed by atoms with van der Waals surface area (Å²) in [4.78, 5) is 28.8. The summed E-state index contributed by atoms with van der Waals surface area (Å²) in [6.07, 6.45) is 0. The van der Waals surface area contributed by atoms with Gasteiger partial charge in [0.25, 0.3) is 5.91 Å². The van der Waals surface area contributed by atoms with Gasteiger partial charge in [-0.05, 0) is 35.7 Å². The SMILES string of the molecule is COc1cc(Cl)cc2cc(C(=O)C3=C(O)C(=O)N(c4ccccc4)C3c3cccs3)oc12. The monoisotopic (exact) mass is 465 g/mol. The van der Waals surface area contributed by atoms with Gasteiger partial charge in [0, 0.05) is 27.0 Å². The Morgan fingerprint density at radius 3 is 2.62 bits per heavy atom. The quantitative estimate of drug-likeness (QED) is 0.369. The maximum absolute atomic E-state index is 13.6. The van der Waals surface area contributed by atoms with Crippen LogP contribution in [0.4, 0.5) is 5.69 Å². The van der Waals surface area contributed by atoms with Crippen molar-refractivity contribution >= 4 is 51.3 Å². The fraction of sp³-hybridized carbons (Fsp3) is 0.0833. The number of anilines is 1. The van der Waals surface area contributed by atoms with Gasteiger partial charge in [-0.3, -0.25) is 14.5 Å². The average Bonchev–Trinajstić information content (AvgIpc) is 3.52. The lowest BCUT2D eigenvalue weighted by Gasteiger charge is -2.25. The first-order valence-electron chi connectivity index (χ1n) is 9.66. The molecule has 1 N–H and O–H groups in total. The summed E-state index contributed by atoms with van der Waals surface area (Å²) >= 11 is 7.53. The molecule has 0 fully saturated rings. The number of nitrogens with zero attached hydrogens (tertiary/aromatic N) is 1. The molecule has 5 rings (SSSR count). The normalized spacial score (nSPS) is 16.2. The largest absolute Gasteiger partial charge is 0.503 e. The Bertz CT molecular complexity index is 1370. The number of Topliss-reactive ketones (excluding diaryl/α,β-unsaturated/α-hetero) is 1. The molecule has 0 saturated heterocycles. The third-order valence-corrected chi connectivity index (χ3v) is 6.43. The number of benzene rings is 2. The lowest BCUT2D eigenvalue weighted by molar-refractivity contribution is -0.117. The number of para-hydroxylation sites is 1. The molecule has 1 atom stereocenters. The minimum Gasteiger partial charge on any atom is -0.503 e. The number of carbonyl (C=O) groups excluding carboxylic acids is 2. The van der Waals surface area contributed by atoms with Crippen LogP contribution in [0.5, 0.6) is 5.75 Å². The molecule has 0 saturated carbocycles. The second-order valence-corrected chi connectivity index (χ2v) is 8.57.